The largest absolute Gasteiger partial charge is 0.457 e. The lowest BCUT2D eigenvalue weighted by Crippen LogP contribution is -2.12. The third-order valence-electron chi connectivity index (χ3n) is 4.77. The van der Waals surface area contributed by atoms with Crippen LogP contribution in [-0.2, 0) is 23.7 Å². The molecular formula is C24H15F6NO3S. The van der Waals surface area contributed by atoms with Gasteiger partial charge in [-0.25, -0.2) is 4.79 Å². The fraction of sp³-hybridized carbons (Fsp3) is 0.125. The number of amides is 1. The number of carbonyl (C=O) groups is 1. The van der Waals surface area contributed by atoms with Crippen LogP contribution in [-0.4, -0.2) is 6.09 Å². The van der Waals surface area contributed by atoms with Gasteiger partial charge in [0.25, 0.3) is 0 Å². The summed E-state index contributed by atoms with van der Waals surface area (Å²) in [4.78, 5) is 13.0. The zero-order chi connectivity index (χ0) is 25.2. The number of benzene rings is 2. The molecule has 1 N–H and O–H groups in total. The molecule has 0 radical (unpaired) electrons. The predicted octanol–water partition coefficient (Wildman–Crippen LogP) is 8.46. The SMILES string of the molecule is O=C(Nc1ccc(-c2ccccc2)s1)OCc1ccc(-c2cc(C(F)(F)F)cc(C(F)(F)F)c2)o1. The van der Waals surface area contributed by atoms with E-state index in [1.807, 2.05) is 36.4 Å². The van der Waals surface area contributed by atoms with Crippen molar-refractivity contribution in [1.29, 1.82) is 0 Å². The van der Waals surface area contributed by atoms with Crippen molar-refractivity contribution in [3.8, 4) is 21.8 Å². The van der Waals surface area contributed by atoms with E-state index in [0.717, 1.165) is 10.4 Å². The molecule has 0 aliphatic carbocycles. The molecule has 35 heavy (non-hydrogen) atoms. The molecule has 0 spiro atoms. The van der Waals surface area contributed by atoms with Crippen LogP contribution in [0.15, 0.2) is 77.2 Å². The van der Waals surface area contributed by atoms with Gasteiger partial charge in [0.05, 0.1) is 16.1 Å². The summed E-state index contributed by atoms with van der Waals surface area (Å²) in [5.74, 6) is -0.191. The van der Waals surface area contributed by atoms with Gasteiger partial charge in [-0.05, 0) is 48.0 Å². The lowest BCUT2D eigenvalue weighted by molar-refractivity contribution is -0.143. The molecule has 0 bridgehead atoms. The third-order valence-corrected chi connectivity index (χ3v) is 5.82. The minimum absolute atomic E-state index is 0.0363. The first kappa shape index (κ1) is 24.4. The lowest BCUT2D eigenvalue weighted by Gasteiger charge is -2.13. The van der Waals surface area contributed by atoms with Gasteiger partial charge in [-0.15, -0.1) is 11.3 Å². The Balaban J connectivity index is 1.42. The highest BCUT2D eigenvalue weighted by molar-refractivity contribution is 7.19. The monoisotopic (exact) mass is 511 g/mol. The molecule has 0 fully saturated rings. The van der Waals surface area contributed by atoms with E-state index in [9.17, 15) is 31.1 Å². The summed E-state index contributed by atoms with van der Waals surface area (Å²) in [7, 11) is 0. The number of hydrogen-bond donors (Lipinski definition) is 1. The maximum Gasteiger partial charge on any atom is 0.416 e. The van der Waals surface area contributed by atoms with Crippen LogP contribution in [0.3, 0.4) is 0 Å². The van der Waals surface area contributed by atoms with Gasteiger partial charge >= 0.3 is 18.4 Å². The number of hydrogen-bond acceptors (Lipinski definition) is 4. The second-order valence-electron chi connectivity index (χ2n) is 7.29. The predicted molar refractivity (Wildman–Crippen MR) is 118 cm³/mol. The van der Waals surface area contributed by atoms with Crippen LogP contribution in [0.1, 0.15) is 16.9 Å². The molecule has 11 heteroatoms. The van der Waals surface area contributed by atoms with E-state index in [-0.39, 0.29) is 24.2 Å². The fourth-order valence-corrected chi connectivity index (χ4v) is 4.04. The Labute approximate surface area is 198 Å². The molecule has 0 unspecified atom stereocenters. The van der Waals surface area contributed by atoms with Crippen molar-refractivity contribution in [1.82, 2.24) is 0 Å². The minimum atomic E-state index is -4.98. The molecule has 4 aromatic rings. The average Bonchev–Trinajstić information content (AvgIpc) is 3.47. The Kier molecular flexibility index (Phi) is 6.62. The van der Waals surface area contributed by atoms with Crippen molar-refractivity contribution in [3.05, 3.63) is 89.7 Å². The summed E-state index contributed by atoms with van der Waals surface area (Å²) in [6.45, 7) is -0.381. The molecule has 182 valence electrons. The van der Waals surface area contributed by atoms with E-state index in [0.29, 0.717) is 17.1 Å². The van der Waals surface area contributed by atoms with E-state index in [4.69, 9.17) is 9.15 Å². The number of halogens is 6. The van der Waals surface area contributed by atoms with Crippen molar-refractivity contribution >= 4 is 22.4 Å². The van der Waals surface area contributed by atoms with Gasteiger partial charge in [-0.2, -0.15) is 26.3 Å². The van der Waals surface area contributed by atoms with Crippen molar-refractivity contribution in [2.24, 2.45) is 0 Å². The lowest BCUT2D eigenvalue weighted by atomic mass is 10.0. The molecule has 4 rings (SSSR count). The Bertz CT molecular complexity index is 1290. The zero-order valence-electron chi connectivity index (χ0n) is 17.5. The minimum Gasteiger partial charge on any atom is -0.457 e. The van der Waals surface area contributed by atoms with Gasteiger partial charge in [0.15, 0.2) is 6.61 Å². The molecule has 0 aliphatic rings. The summed E-state index contributed by atoms with van der Waals surface area (Å²) < 4.78 is 88.9. The van der Waals surface area contributed by atoms with Gasteiger partial charge in [-0.1, -0.05) is 30.3 Å². The zero-order valence-corrected chi connectivity index (χ0v) is 18.4. The Hall–Kier alpha value is -3.73. The number of ether oxygens (including phenoxy) is 1. The molecule has 2 aromatic carbocycles. The van der Waals surface area contributed by atoms with Gasteiger partial charge in [-0.3, -0.25) is 5.32 Å². The maximum absolute atomic E-state index is 13.1. The standard InChI is InChI=1S/C24H15F6NO3S/c25-23(26,27)16-10-15(11-17(12-16)24(28,29)30)19-7-6-18(34-19)13-33-22(32)31-21-9-8-20(35-21)14-4-2-1-3-5-14/h1-12H,13H2,(H,31,32). The first-order chi connectivity index (χ1) is 16.5. The van der Waals surface area contributed by atoms with Gasteiger partial charge < -0.3 is 9.15 Å². The Morgan fingerprint density at radius 3 is 2.11 bits per heavy atom. The van der Waals surface area contributed by atoms with Crippen molar-refractivity contribution < 1.29 is 40.3 Å². The first-order valence-electron chi connectivity index (χ1n) is 9.96. The van der Waals surface area contributed by atoms with Crippen LogP contribution < -0.4 is 5.32 Å². The van der Waals surface area contributed by atoms with Crippen LogP contribution in [0.2, 0.25) is 0 Å². The molecule has 0 aliphatic heterocycles. The molecule has 2 heterocycles. The van der Waals surface area contributed by atoms with Crippen LogP contribution in [0, 0.1) is 0 Å². The smallest absolute Gasteiger partial charge is 0.416 e. The second kappa shape index (κ2) is 9.49. The van der Waals surface area contributed by atoms with Crippen molar-refractivity contribution in [2.45, 2.75) is 19.0 Å². The van der Waals surface area contributed by atoms with Crippen molar-refractivity contribution in [2.75, 3.05) is 5.32 Å². The van der Waals surface area contributed by atoms with Crippen LogP contribution in [0.5, 0.6) is 0 Å². The number of rotatable bonds is 5. The molecule has 4 nitrogen and oxygen atoms in total. The number of thiophene rings is 1. The number of furan rings is 1. The number of nitrogens with one attached hydrogen (secondary N) is 1. The normalized spacial score (nSPS) is 11.9. The molecule has 0 atom stereocenters. The van der Waals surface area contributed by atoms with Crippen LogP contribution in [0.25, 0.3) is 21.8 Å². The fourth-order valence-electron chi connectivity index (χ4n) is 3.14. The highest BCUT2D eigenvalue weighted by atomic mass is 32.1. The molecule has 1 amide bonds. The quantitative estimate of drug-likeness (QED) is 0.274. The molecule has 0 saturated carbocycles. The molecular weight excluding hydrogens is 496 g/mol. The van der Waals surface area contributed by atoms with Crippen molar-refractivity contribution in [3.63, 3.8) is 0 Å². The third kappa shape index (κ3) is 6.04. The second-order valence-corrected chi connectivity index (χ2v) is 8.38. The first-order valence-corrected chi connectivity index (χ1v) is 10.8. The summed E-state index contributed by atoms with van der Waals surface area (Å²) >= 11 is 1.32. The number of alkyl halides is 6. The molecule has 2 aromatic heterocycles. The van der Waals surface area contributed by atoms with E-state index in [2.05, 4.69) is 5.32 Å². The van der Waals surface area contributed by atoms with E-state index >= 15 is 0 Å². The maximum atomic E-state index is 13.1. The van der Waals surface area contributed by atoms with Crippen LogP contribution >= 0.6 is 11.3 Å². The highest BCUT2D eigenvalue weighted by Gasteiger charge is 2.37. The van der Waals surface area contributed by atoms with Gasteiger partial charge in [0.2, 0.25) is 0 Å². The average molecular weight is 511 g/mol. The van der Waals surface area contributed by atoms with E-state index in [1.165, 1.54) is 23.5 Å². The van der Waals surface area contributed by atoms with Gasteiger partial charge in [0.1, 0.15) is 11.5 Å². The topological polar surface area (TPSA) is 51.5 Å². The van der Waals surface area contributed by atoms with E-state index < -0.39 is 35.1 Å². The summed E-state index contributed by atoms with van der Waals surface area (Å²) in [6.07, 6.45) is -10.8. The summed E-state index contributed by atoms with van der Waals surface area (Å²) in [6, 6.07) is 16.7. The Morgan fingerprint density at radius 1 is 0.829 bits per heavy atom. The van der Waals surface area contributed by atoms with Crippen LogP contribution in [0.4, 0.5) is 36.1 Å². The number of anilines is 1. The number of carbonyl (C=O) groups excluding carboxylic acids is 1. The Morgan fingerprint density at radius 2 is 1.49 bits per heavy atom. The highest BCUT2D eigenvalue weighted by Crippen LogP contribution is 2.39. The summed E-state index contributed by atoms with van der Waals surface area (Å²) in [5.41, 5.74) is -2.34. The van der Waals surface area contributed by atoms with Gasteiger partial charge in [0, 0.05) is 10.4 Å². The summed E-state index contributed by atoms with van der Waals surface area (Å²) in [5, 5.41) is 3.08. The molecule has 0 saturated heterocycles. The van der Waals surface area contributed by atoms with E-state index in [1.54, 1.807) is 6.07 Å².